The van der Waals surface area contributed by atoms with Crippen molar-refractivity contribution in [3.63, 3.8) is 0 Å². The smallest absolute Gasteiger partial charge is 0.328 e. The van der Waals surface area contributed by atoms with Gasteiger partial charge in [-0.3, -0.25) is 0 Å². The first-order valence-corrected chi connectivity index (χ1v) is 13.0. The summed E-state index contributed by atoms with van der Waals surface area (Å²) < 4.78 is 0. The summed E-state index contributed by atoms with van der Waals surface area (Å²) >= 11 is 0. The van der Waals surface area contributed by atoms with Crippen LogP contribution in [0.15, 0.2) is 36.5 Å². The zero-order chi connectivity index (χ0) is 22.0. The van der Waals surface area contributed by atoms with E-state index in [-0.39, 0.29) is 0 Å². The van der Waals surface area contributed by atoms with Crippen LogP contribution >= 0.6 is 0 Å². The maximum atomic E-state index is 10.3. The average molecular weight is 419 g/mol. The average Bonchev–Trinajstić information content (AvgIpc) is 2.73. The molecule has 0 saturated carbocycles. The summed E-state index contributed by atoms with van der Waals surface area (Å²) in [6, 6.07) is 0. The fourth-order valence-electron chi connectivity index (χ4n) is 3.78. The summed E-state index contributed by atoms with van der Waals surface area (Å²) in [6.45, 7) is 2.29. The van der Waals surface area contributed by atoms with Gasteiger partial charge in [-0.05, 0) is 12.8 Å². The van der Waals surface area contributed by atoms with Gasteiger partial charge in [0.25, 0.3) is 0 Å². The zero-order valence-electron chi connectivity index (χ0n) is 20.0. The molecule has 30 heavy (non-hydrogen) atoms. The number of hydrogen-bond donors (Lipinski definition) is 1. The van der Waals surface area contributed by atoms with Gasteiger partial charge in [-0.2, -0.15) is 0 Å². The highest BCUT2D eigenvalue weighted by Gasteiger charge is 1.95. The molecule has 2 heteroatoms. The van der Waals surface area contributed by atoms with Crippen LogP contribution in [0.4, 0.5) is 0 Å². The number of hydrogen-bond acceptors (Lipinski definition) is 1. The van der Waals surface area contributed by atoms with Crippen molar-refractivity contribution in [3.05, 3.63) is 36.5 Å². The first-order valence-electron chi connectivity index (χ1n) is 13.0. The monoisotopic (exact) mass is 418 g/mol. The summed E-state index contributed by atoms with van der Waals surface area (Å²) in [6.07, 6.45) is 38.5. The minimum absolute atomic E-state index is 0.905. The fourth-order valence-corrected chi connectivity index (χ4v) is 3.78. The summed E-state index contributed by atoms with van der Waals surface area (Å²) in [4.78, 5) is 10.3. The Morgan fingerprint density at radius 2 is 0.900 bits per heavy atom. The van der Waals surface area contributed by atoms with Gasteiger partial charge in [-0.15, -0.1) is 0 Å². The Kier molecular flexibility index (Phi) is 24.6. The van der Waals surface area contributed by atoms with Crippen LogP contribution in [0.2, 0.25) is 0 Å². The quantitative estimate of drug-likeness (QED) is 0.102. The Morgan fingerprint density at radius 3 is 1.30 bits per heavy atom. The number of carbonyl (C=O) groups is 1. The van der Waals surface area contributed by atoms with Crippen molar-refractivity contribution < 1.29 is 9.90 Å². The largest absolute Gasteiger partial charge is 0.478 e. The molecule has 0 fully saturated rings. The van der Waals surface area contributed by atoms with Gasteiger partial charge >= 0.3 is 5.97 Å². The molecule has 0 radical (unpaired) electrons. The van der Waals surface area contributed by atoms with Crippen LogP contribution in [0.1, 0.15) is 135 Å². The minimum Gasteiger partial charge on any atom is -0.478 e. The van der Waals surface area contributed by atoms with E-state index in [1.165, 1.54) is 122 Å². The van der Waals surface area contributed by atoms with Crippen molar-refractivity contribution in [2.24, 2.45) is 0 Å². The molecule has 0 aliphatic rings. The van der Waals surface area contributed by atoms with E-state index in [1.54, 1.807) is 12.2 Å². The van der Waals surface area contributed by atoms with Gasteiger partial charge in [0.15, 0.2) is 0 Å². The van der Waals surface area contributed by atoms with Crippen molar-refractivity contribution in [1.29, 1.82) is 0 Å². The zero-order valence-corrected chi connectivity index (χ0v) is 20.0. The maximum absolute atomic E-state index is 10.3. The molecule has 0 spiro atoms. The molecule has 0 rings (SSSR count). The lowest BCUT2D eigenvalue weighted by Crippen LogP contribution is -1.84. The number of unbranched alkanes of at least 4 members (excludes halogenated alkanes) is 19. The molecule has 0 aliphatic heterocycles. The minimum atomic E-state index is -0.905. The molecule has 0 amide bonds. The van der Waals surface area contributed by atoms with Crippen molar-refractivity contribution in [2.45, 2.75) is 135 Å². The summed E-state index contributed by atoms with van der Waals surface area (Å²) in [7, 11) is 0. The molecule has 0 aromatic carbocycles. The van der Waals surface area contributed by atoms with Gasteiger partial charge in [0, 0.05) is 6.08 Å². The van der Waals surface area contributed by atoms with Crippen LogP contribution in [0.5, 0.6) is 0 Å². The highest BCUT2D eigenvalue weighted by Crippen LogP contribution is 2.14. The predicted molar refractivity (Wildman–Crippen MR) is 133 cm³/mol. The Hall–Kier alpha value is -1.31. The lowest BCUT2D eigenvalue weighted by atomic mass is 10.0. The van der Waals surface area contributed by atoms with Crippen LogP contribution in [0, 0.1) is 0 Å². The van der Waals surface area contributed by atoms with E-state index in [4.69, 9.17) is 5.11 Å². The van der Waals surface area contributed by atoms with E-state index in [1.807, 2.05) is 12.2 Å². The Balaban J connectivity index is 3.13. The van der Waals surface area contributed by atoms with Gasteiger partial charge in [0.1, 0.15) is 0 Å². The van der Waals surface area contributed by atoms with Gasteiger partial charge in [0.05, 0.1) is 0 Å². The number of carboxylic acid groups (broad SMARTS) is 1. The Labute approximate surface area is 187 Å². The predicted octanol–water partition coefficient (Wildman–Crippen LogP) is 9.56. The molecule has 0 atom stereocenters. The topological polar surface area (TPSA) is 37.3 Å². The summed E-state index contributed by atoms with van der Waals surface area (Å²) in [5, 5.41) is 8.46. The first kappa shape index (κ1) is 28.7. The van der Waals surface area contributed by atoms with E-state index < -0.39 is 5.97 Å². The normalized spacial score (nSPS) is 12.0. The fraction of sp³-hybridized carbons (Fsp3) is 0.750. The lowest BCUT2D eigenvalue weighted by Gasteiger charge is -2.03. The first-order chi connectivity index (χ1) is 14.8. The number of aliphatic carboxylic acids is 1. The summed E-state index contributed by atoms with van der Waals surface area (Å²) in [5.41, 5.74) is 0. The SMILES string of the molecule is CCCCCCCCCCCCCCCCCCCCC/C=C/C=C/C=C/C(=O)O. The second kappa shape index (κ2) is 25.7. The van der Waals surface area contributed by atoms with Gasteiger partial charge in [0.2, 0.25) is 0 Å². The third-order valence-electron chi connectivity index (χ3n) is 5.68. The van der Waals surface area contributed by atoms with Crippen LogP contribution in [0.25, 0.3) is 0 Å². The molecule has 174 valence electrons. The molecule has 0 saturated heterocycles. The third-order valence-corrected chi connectivity index (χ3v) is 5.68. The molecule has 1 N–H and O–H groups in total. The van der Waals surface area contributed by atoms with Crippen LogP contribution in [0.3, 0.4) is 0 Å². The maximum Gasteiger partial charge on any atom is 0.328 e. The molecule has 0 unspecified atom stereocenters. The van der Waals surface area contributed by atoms with Crippen LogP contribution < -0.4 is 0 Å². The standard InChI is InChI=1S/C28H50O2/c1-2-3-4-5-6-7-8-9-10-11-12-13-14-15-16-17-18-19-20-21-22-23-24-25-26-27-28(29)30/h22-27H,2-21H2,1H3,(H,29,30)/b23-22+,25-24+,27-26+. The van der Waals surface area contributed by atoms with E-state index >= 15 is 0 Å². The Morgan fingerprint density at radius 1 is 0.533 bits per heavy atom. The molecule has 0 aromatic rings. The van der Waals surface area contributed by atoms with Crippen LogP contribution in [-0.4, -0.2) is 11.1 Å². The van der Waals surface area contributed by atoms with Gasteiger partial charge in [-0.1, -0.05) is 153 Å². The molecular weight excluding hydrogens is 368 g/mol. The Bertz CT molecular complexity index is 434. The highest BCUT2D eigenvalue weighted by atomic mass is 16.4. The molecule has 0 heterocycles. The lowest BCUT2D eigenvalue weighted by molar-refractivity contribution is -0.131. The van der Waals surface area contributed by atoms with Gasteiger partial charge < -0.3 is 5.11 Å². The number of carboxylic acids is 1. The highest BCUT2D eigenvalue weighted by molar-refractivity contribution is 5.80. The van der Waals surface area contributed by atoms with Crippen LogP contribution in [-0.2, 0) is 4.79 Å². The third kappa shape index (κ3) is 26.7. The molecule has 2 nitrogen and oxygen atoms in total. The van der Waals surface area contributed by atoms with E-state index in [0.717, 1.165) is 12.5 Å². The molecular formula is C28H50O2. The molecule has 0 aliphatic carbocycles. The summed E-state index contributed by atoms with van der Waals surface area (Å²) in [5.74, 6) is -0.905. The second-order valence-electron chi connectivity index (χ2n) is 8.66. The number of rotatable bonds is 23. The van der Waals surface area contributed by atoms with Crippen molar-refractivity contribution in [3.8, 4) is 0 Å². The van der Waals surface area contributed by atoms with E-state index in [2.05, 4.69) is 13.0 Å². The molecule has 0 bridgehead atoms. The van der Waals surface area contributed by atoms with E-state index in [9.17, 15) is 4.79 Å². The van der Waals surface area contributed by atoms with Gasteiger partial charge in [-0.25, -0.2) is 4.79 Å². The van der Waals surface area contributed by atoms with E-state index in [0.29, 0.717) is 0 Å². The molecule has 0 aromatic heterocycles. The van der Waals surface area contributed by atoms with Crippen molar-refractivity contribution in [2.75, 3.05) is 0 Å². The second-order valence-corrected chi connectivity index (χ2v) is 8.66. The number of allylic oxidation sites excluding steroid dienone is 5. The van der Waals surface area contributed by atoms with Crippen molar-refractivity contribution >= 4 is 5.97 Å². The van der Waals surface area contributed by atoms with Crippen molar-refractivity contribution in [1.82, 2.24) is 0 Å².